The number of pyridine rings is 1. The SMILES string of the molecule is COC(=O)c1cc(C(=O)N2CCC[C@@H]2c2nc(C)cs2)cc(-c2ncco2)n1. The number of rotatable bonds is 4. The summed E-state index contributed by atoms with van der Waals surface area (Å²) in [5.41, 5.74) is 1.62. The first-order valence-electron chi connectivity index (χ1n) is 8.80. The Morgan fingerprint density at radius 1 is 1.32 bits per heavy atom. The number of aromatic nitrogens is 3. The molecule has 1 aliphatic heterocycles. The van der Waals surface area contributed by atoms with Crippen LogP contribution in [0.2, 0.25) is 0 Å². The zero-order chi connectivity index (χ0) is 19.7. The van der Waals surface area contributed by atoms with E-state index in [1.807, 2.05) is 12.3 Å². The van der Waals surface area contributed by atoms with E-state index in [1.54, 1.807) is 22.3 Å². The molecule has 9 heteroatoms. The molecule has 0 spiro atoms. The van der Waals surface area contributed by atoms with Crippen molar-refractivity contribution in [2.45, 2.75) is 25.8 Å². The number of aryl methyl sites for hydroxylation is 1. The van der Waals surface area contributed by atoms with Crippen LogP contribution in [0, 0.1) is 6.92 Å². The smallest absolute Gasteiger partial charge is 0.356 e. The van der Waals surface area contributed by atoms with Gasteiger partial charge in [-0.05, 0) is 31.9 Å². The average molecular weight is 398 g/mol. The van der Waals surface area contributed by atoms with Gasteiger partial charge in [0, 0.05) is 23.2 Å². The summed E-state index contributed by atoms with van der Waals surface area (Å²) < 4.78 is 10.1. The van der Waals surface area contributed by atoms with Crippen molar-refractivity contribution in [3.63, 3.8) is 0 Å². The molecule has 28 heavy (non-hydrogen) atoms. The largest absolute Gasteiger partial charge is 0.464 e. The minimum atomic E-state index is -0.629. The van der Waals surface area contributed by atoms with Crippen LogP contribution in [0.25, 0.3) is 11.6 Å². The van der Waals surface area contributed by atoms with Crippen LogP contribution in [0.1, 0.15) is 50.4 Å². The molecule has 1 amide bonds. The van der Waals surface area contributed by atoms with Gasteiger partial charge in [0.1, 0.15) is 22.7 Å². The number of carbonyl (C=O) groups is 2. The highest BCUT2D eigenvalue weighted by Gasteiger charge is 2.33. The quantitative estimate of drug-likeness (QED) is 0.622. The third-order valence-corrected chi connectivity index (χ3v) is 5.62. The van der Waals surface area contributed by atoms with Crippen molar-refractivity contribution < 1.29 is 18.7 Å². The van der Waals surface area contributed by atoms with Gasteiger partial charge >= 0.3 is 5.97 Å². The van der Waals surface area contributed by atoms with Crippen LogP contribution in [0.15, 0.2) is 34.4 Å². The number of likely N-dealkylation sites (tertiary alicyclic amines) is 1. The van der Waals surface area contributed by atoms with Crippen LogP contribution in [-0.2, 0) is 4.74 Å². The Balaban J connectivity index is 1.71. The number of amides is 1. The maximum Gasteiger partial charge on any atom is 0.356 e. The number of nitrogens with zero attached hydrogens (tertiary/aromatic N) is 4. The molecule has 4 rings (SSSR count). The van der Waals surface area contributed by atoms with Crippen LogP contribution in [0.3, 0.4) is 0 Å². The first-order valence-corrected chi connectivity index (χ1v) is 9.68. The maximum atomic E-state index is 13.3. The second-order valence-electron chi connectivity index (χ2n) is 6.44. The van der Waals surface area contributed by atoms with Crippen LogP contribution < -0.4 is 0 Å². The average Bonchev–Trinajstić information content (AvgIpc) is 3.47. The minimum absolute atomic E-state index is 0.0300. The highest BCUT2D eigenvalue weighted by Crippen LogP contribution is 2.35. The third-order valence-electron chi connectivity index (χ3n) is 4.55. The van der Waals surface area contributed by atoms with Crippen LogP contribution in [0.5, 0.6) is 0 Å². The Morgan fingerprint density at radius 3 is 2.86 bits per heavy atom. The number of oxazole rings is 1. The Hall–Kier alpha value is -3.07. The summed E-state index contributed by atoms with van der Waals surface area (Å²) in [6, 6.07) is 2.97. The van der Waals surface area contributed by atoms with Crippen LogP contribution in [-0.4, -0.2) is 45.4 Å². The van der Waals surface area contributed by atoms with E-state index < -0.39 is 5.97 Å². The highest BCUT2D eigenvalue weighted by molar-refractivity contribution is 7.09. The van der Waals surface area contributed by atoms with E-state index in [4.69, 9.17) is 9.15 Å². The number of methoxy groups -OCH3 is 1. The van der Waals surface area contributed by atoms with Crippen molar-refractivity contribution in [3.05, 3.63) is 51.9 Å². The summed E-state index contributed by atoms with van der Waals surface area (Å²) in [4.78, 5) is 40.0. The topological polar surface area (TPSA) is 98.4 Å². The monoisotopic (exact) mass is 398 g/mol. The van der Waals surface area contributed by atoms with E-state index in [1.165, 1.54) is 25.6 Å². The van der Waals surface area contributed by atoms with Gasteiger partial charge in [0.25, 0.3) is 5.91 Å². The lowest BCUT2D eigenvalue weighted by Crippen LogP contribution is -2.31. The molecule has 0 radical (unpaired) electrons. The Morgan fingerprint density at radius 2 is 2.18 bits per heavy atom. The third kappa shape index (κ3) is 3.40. The highest BCUT2D eigenvalue weighted by atomic mass is 32.1. The lowest BCUT2D eigenvalue weighted by molar-refractivity contribution is 0.0594. The van der Waals surface area contributed by atoms with Crippen LogP contribution in [0.4, 0.5) is 0 Å². The van der Waals surface area contributed by atoms with Gasteiger partial charge in [-0.15, -0.1) is 11.3 Å². The summed E-state index contributed by atoms with van der Waals surface area (Å²) >= 11 is 1.56. The standard InChI is InChI=1S/C19H18N4O4S/c1-11-10-28-17(21-11)15-4-3-6-23(15)18(24)12-8-13(16-20-5-7-27-16)22-14(9-12)19(25)26-2/h5,7-10,15H,3-4,6H2,1-2H3/t15-/m1/s1. The molecule has 0 saturated carbocycles. The Labute approximate surface area is 165 Å². The van der Waals surface area contributed by atoms with Gasteiger partial charge in [-0.3, -0.25) is 4.79 Å². The lowest BCUT2D eigenvalue weighted by Gasteiger charge is -2.23. The van der Waals surface area contributed by atoms with E-state index in [9.17, 15) is 9.59 Å². The van der Waals surface area contributed by atoms with E-state index in [-0.39, 0.29) is 23.5 Å². The van der Waals surface area contributed by atoms with E-state index in [2.05, 4.69) is 15.0 Å². The molecule has 0 unspecified atom stereocenters. The first kappa shape index (κ1) is 18.3. The molecule has 4 heterocycles. The number of carbonyl (C=O) groups excluding carboxylic acids is 2. The second-order valence-corrected chi connectivity index (χ2v) is 7.33. The zero-order valence-electron chi connectivity index (χ0n) is 15.4. The molecule has 1 atom stereocenters. The molecule has 0 bridgehead atoms. The fourth-order valence-electron chi connectivity index (χ4n) is 3.28. The van der Waals surface area contributed by atoms with Crippen molar-refractivity contribution in [2.24, 2.45) is 0 Å². The van der Waals surface area contributed by atoms with Gasteiger partial charge in [-0.2, -0.15) is 0 Å². The summed E-state index contributed by atoms with van der Waals surface area (Å²) in [5.74, 6) is -0.583. The van der Waals surface area contributed by atoms with Crippen molar-refractivity contribution >= 4 is 23.2 Å². The van der Waals surface area contributed by atoms with Gasteiger partial charge in [-0.1, -0.05) is 0 Å². The Bertz CT molecular complexity index is 1010. The summed E-state index contributed by atoms with van der Waals surface area (Å²) in [6.07, 6.45) is 4.64. The normalized spacial score (nSPS) is 16.4. The van der Waals surface area contributed by atoms with E-state index in [0.29, 0.717) is 17.8 Å². The lowest BCUT2D eigenvalue weighted by atomic mass is 10.1. The number of hydrogen-bond acceptors (Lipinski definition) is 8. The van der Waals surface area contributed by atoms with Crippen molar-refractivity contribution in [1.82, 2.24) is 19.9 Å². The molecule has 1 aliphatic rings. The van der Waals surface area contributed by atoms with Gasteiger partial charge in [0.15, 0.2) is 0 Å². The van der Waals surface area contributed by atoms with Gasteiger partial charge < -0.3 is 14.1 Å². The maximum absolute atomic E-state index is 13.3. The summed E-state index contributed by atoms with van der Waals surface area (Å²) in [5, 5.41) is 2.91. The summed E-state index contributed by atoms with van der Waals surface area (Å²) in [7, 11) is 1.27. The van der Waals surface area contributed by atoms with Crippen molar-refractivity contribution in [1.29, 1.82) is 0 Å². The fourth-order valence-corrected chi connectivity index (χ4v) is 4.22. The van der Waals surface area contributed by atoms with Crippen LogP contribution >= 0.6 is 11.3 Å². The number of esters is 1. The molecule has 144 valence electrons. The number of hydrogen-bond donors (Lipinski definition) is 0. The Kier molecular flexibility index (Phi) is 4.91. The molecule has 1 saturated heterocycles. The molecular formula is C19H18N4O4S. The number of thiazole rings is 1. The predicted octanol–water partition coefficient (Wildman–Crippen LogP) is 3.27. The molecular weight excluding hydrogens is 380 g/mol. The molecule has 8 nitrogen and oxygen atoms in total. The fraction of sp³-hybridized carbons (Fsp3) is 0.316. The second kappa shape index (κ2) is 7.51. The van der Waals surface area contributed by atoms with Gasteiger partial charge in [0.2, 0.25) is 5.89 Å². The number of ether oxygens (including phenoxy) is 1. The molecule has 0 aliphatic carbocycles. The molecule has 1 fully saturated rings. The summed E-state index contributed by atoms with van der Waals surface area (Å²) in [6.45, 7) is 2.57. The zero-order valence-corrected chi connectivity index (χ0v) is 16.2. The minimum Gasteiger partial charge on any atom is -0.464 e. The first-order chi connectivity index (χ1) is 13.6. The molecule has 3 aromatic heterocycles. The van der Waals surface area contributed by atoms with E-state index in [0.717, 1.165) is 23.5 Å². The molecule has 0 aromatic carbocycles. The molecule has 3 aromatic rings. The van der Waals surface area contributed by atoms with Gasteiger partial charge in [-0.25, -0.2) is 19.7 Å². The molecule has 0 N–H and O–H groups in total. The van der Waals surface area contributed by atoms with Gasteiger partial charge in [0.05, 0.1) is 19.3 Å². The van der Waals surface area contributed by atoms with Crippen molar-refractivity contribution in [2.75, 3.05) is 13.7 Å². The predicted molar refractivity (Wildman–Crippen MR) is 101 cm³/mol. The van der Waals surface area contributed by atoms with E-state index >= 15 is 0 Å². The van der Waals surface area contributed by atoms with Crippen molar-refractivity contribution in [3.8, 4) is 11.6 Å².